The van der Waals surface area contributed by atoms with E-state index >= 15 is 0 Å². The number of aromatic nitrogens is 2. The molecule has 0 unspecified atom stereocenters. The Bertz CT molecular complexity index is 868. The predicted octanol–water partition coefficient (Wildman–Crippen LogP) is 2.24. The SMILES string of the molecule is COc1ccc(CN2c3nccc[n+]3C[C@@]2(O)c2ccccc2)cc1. The van der Waals surface area contributed by atoms with Crippen LogP contribution in [0.4, 0.5) is 5.95 Å². The maximum Gasteiger partial charge on any atom is 0.397 e. The first kappa shape index (κ1) is 15.6. The van der Waals surface area contributed by atoms with Crippen LogP contribution in [0.5, 0.6) is 5.75 Å². The molecule has 1 N–H and O–H groups in total. The van der Waals surface area contributed by atoms with Crippen molar-refractivity contribution in [3.63, 3.8) is 0 Å². The molecule has 0 bridgehead atoms. The standard InChI is InChI=1S/C20H20N3O2/c1-25-18-10-8-16(9-11-18)14-23-19-21-12-5-13-22(19)15-20(23,24)17-6-3-2-4-7-17/h2-13,24H,14-15H2,1H3/q+1/t20-/m1/s1. The maximum absolute atomic E-state index is 11.5. The molecule has 0 radical (unpaired) electrons. The summed E-state index contributed by atoms with van der Waals surface area (Å²) < 4.78 is 7.21. The molecule has 5 heteroatoms. The van der Waals surface area contributed by atoms with Crippen molar-refractivity contribution in [2.45, 2.75) is 18.8 Å². The van der Waals surface area contributed by atoms with E-state index < -0.39 is 5.72 Å². The minimum atomic E-state index is -1.14. The van der Waals surface area contributed by atoms with Gasteiger partial charge in [0.2, 0.25) is 5.72 Å². The molecule has 25 heavy (non-hydrogen) atoms. The summed E-state index contributed by atoms with van der Waals surface area (Å²) in [4.78, 5) is 6.44. The molecule has 126 valence electrons. The number of anilines is 1. The Morgan fingerprint density at radius 3 is 2.60 bits per heavy atom. The van der Waals surface area contributed by atoms with Crippen LogP contribution in [-0.4, -0.2) is 17.2 Å². The van der Waals surface area contributed by atoms with Gasteiger partial charge in [-0.3, -0.25) is 0 Å². The molecule has 1 aromatic heterocycles. The summed E-state index contributed by atoms with van der Waals surface area (Å²) in [5.41, 5.74) is 0.797. The molecule has 0 saturated carbocycles. The highest BCUT2D eigenvalue weighted by molar-refractivity contribution is 5.40. The average Bonchev–Trinajstić information content (AvgIpc) is 2.96. The fourth-order valence-electron chi connectivity index (χ4n) is 3.30. The van der Waals surface area contributed by atoms with Crippen LogP contribution in [0, 0.1) is 0 Å². The van der Waals surface area contributed by atoms with Gasteiger partial charge in [0.25, 0.3) is 0 Å². The molecule has 0 fully saturated rings. The third-order valence-corrected chi connectivity index (χ3v) is 4.61. The zero-order chi connectivity index (χ0) is 17.3. The highest BCUT2D eigenvalue weighted by atomic mass is 16.5. The second-order valence-corrected chi connectivity index (χ2v) is 6.16. The number of aliphatic hydroxyl groups is 1. The Morgan fingerprint density at radius 1 is 1.12 bits per heavy atom. The van der Waals surface area contributed by atoms with Crippen LogP contribution in [0.1, 0.15) is 11.1 Å². The van der Waals surface area contributed by atoms with Crippen molar-refractivity contribution in [3.05, 3.63) is 84.2 Å². The minimum Gasteiger partial charge on any atom is -0.497 e. The Kier molecular flexibility index (Phi) is 3.86. The topological polar surface area (TPSA) is 49.5 Å². The van der Waals surface area contributed by atoms with E-state index in [1.165, 1.54) is 0 Å². The van der Waals surface area contributed by atoms with E-state index in [0.717, 1.165) is 22.8 Å². The number of hydrogen-bond donors (Lipinski definition) is 1. The highest BCUT2D eigenvalue weighted by Crippen LogP contribution is 2.35. The van der Waals surface area contributed by atoms with Gasteiger partial charge in [0.15, 0.2) is 0 Å². The third kappa shape index (κ3) is 2.72. The first-order valence-corrected chi connectivity index (χ1v) is 8.24. The van der Waals surface area contributed by atoms with Crippen LogP contribution in [0.25, 0.3) is 0 Å². The van der Waals surface area contributed by atoms with Crippen LogP contribution < -0.4 is 14.2 Å². The Hall–Kier alpha value is -2.92. The zero-order valence-electron chi connectivity index (χ0n) is 14.0. The van der Waals surface area contributed by atoms with Gasteiger partial charge in [0.05, 0.1) is 19.9 Å². The molecule has 1 aliphatic rings. The summed E-state index contributed by atoms with van der Waals surface area (Å²) in [5.74, 6) is 1.57. The highest BCUT2D eigenvalue weighted by Gasteiger charge is 2.51. The Morgan fingerprint density at radius 2 is 1.88 bits per heavy atom. The van der Waals surface area contributed by atoms with E-state index in [1.54, 1.807) is 13.3 Å². The minimum absolute atomic E-state index is 0.441. The molecule has 1 atom stereocenters. The van der Waals surface area contributed by atoms with Gasteiger partial charge in [0.1, 0.15) is 18.5 Å². The van der Waals surface area contributed by atoms with Crippen LogP contribution in [0.2, 0.25) is 0 Å². The molecule has 0 saturated heterocycles. The van der Waals surface area contributed by atoms with Gasteiger partial charge in [-0.15, -0.1) is 0 Å². The van der Waals surface area contributed by atoms with E-state index in [4.69, 9.17) is 4.74 Å². The number of fused-ring (bicyclic) bond motifs is 1. The normalized spacial score (nSPS) is 18.9. The number of nitrogens with zero attached hydrogens (tertiary/aromatic N) is 3. The summed E-state index contributed by atoms with van der Waals surface area (Å²) in [7, 11) is 1.65. The van der Waals surface area contributed by atoms with Gasteiger partial charge in [-0.1, -0.05) is 47.4 Å². The molecule has 4 rings (SSSR count). The fraction of sp³-hybridized carbons (Fsp3) is 0.200. The first-order valence-electron chi connectivity index (χ1n) is 8.24. The summed E-state index contributed by atoms with van der Waals surface area (Å²) in [5, 5.41) is 11.5. The van der Waals surface area contributed by atoms with E-state index in [9.17, 15) is 5.11 Å². The maximum atomic E-state index is 11.5. The smallest absolute Gasteiger partial charge is 0.397 e. The van der Waals surface area contributed by atoms with Crippen LogP contribution >= 0.6 is 0 Å². The van der Waals surface area contributed by atoms with Gasteiger partial charge in [-0.05, 0) is 17.7 Å². The van der Waals surface area contributed by atoms with E-state index in [0.29, 0.717) is 13.1 Å². The van der Waals surface area contributed by atoms with Crippen molar-refractivity contribution in [3.8, 4) is 5.75 Å². The number of methoxy groups -OCH3 is 1. The van der Waals surface area contributed by atoms with E-state index in [2.05, 4.69) is 4.98 Å². The van der Waals surface area contributed by atoms with Crippen molar-refractivity contribution in [1.82, 2.24) is 4.98 Å². The molecule has 3 aromatic rings. The molecular weight excluding hydrogens is 314 g/mol. The second-order valence-electron chi connectivity index (χ2n) is 6.16. The van der Waals surface area contributed by atoms with Gasteiger partial charge >= 0.3 is 5.95 Å². The fourth-order valence-corrected chi connectivity index (χ4v) is 3.30. The summed E-state index contributed by atoms with van der Waals surface area (Å²) in [6.45, 7) is 0.989. The zero-order valence-corrected chi connectivity index (χ0v) is 14.0. The van der Waals surface area contributed by atoms with Crippen LogP contribution in [0.15, 0.2) is 73.1 Å². The second kappa shape index (κ2) is 6.18. The van der Waals surface area contributed by atoms with Gasteiger partial charge in [-0.2, -0.15) is 0 Å². The Balaban J connectivity index is 1.74. The average molecular weight is 334 g/mol. The predicted molar refractivity (Wildman–Crippen MR) is 93.9 cm³/mol. The monoisotopic (exact) mass is 334 g/mol. The molecule has 0 amide bonds. The largest absolute Gasteiger partial charge is 0.497 e. The number of rotatable bonds is 4. The molecule has 0 spiro atoms. The lowest BCUT2D eigenvalue weighted by molar-refractivity contribution is -0.685. The lowest BCUT2D eigenvalue weighted by atomic mass is 10.0. The van der Waals surface area contributed by atoms with Crippen LogP contribution in [-0.2, 0) is 18.8 Å². The first-order chi connectivity index (χ1) is 12.2. The van der Waals surface area contributed by atoms with Gasteiger partial charge in [0, 0.05) is 11.6 Å². The van der Waals surface area contributed by atoms with Crippen molar-refractivity contribution in [2.24, 2.45) is 0 Å². The number of hydrogen-bond acceptors (Lipinski definition) is 4. The molecular formula is C20H20N3O2+. The molecule has 1 aliphatic heterocycles. The quantitative estimate of drug-likeness (QED) is 0.744. The lowest BCUT2D eigenvalue weighted by Gasteiger charge is -2.28. The third-order valence-electron chi connectivity index (χ3n) is 4.61. The molecule has 0 aliphatic carbocycles. The lowest BCUT2D eigenvalue weighted by Crippen LogP contribution is -2.45. The Labute approximate surface area is 146 Å². The van der Waals surface area contributed by atoms with Crippen molar-refractivity contribution in [2.75, 3.05) is 12.0 Å². The van der Waals surface area contributed by atoms with Crippen molar-refractivity contribution < 1.29 is 14.4 Å². The summed E-state index contributed by atoms with van der Waals surface area (Å²) in [6, 6.07) is 19.5. The van der Waals surface area contributed by atoms with Gasteiger partial charge < -0.3 is 9.84 Å². The number of benzene rings is 2. The summed E-state index contributed by atoms with van der Waals surface area (Å²) >= 11 is 0. The van der Waals surface area contributed by atoms with E-state index in [1.807, 2.05) is 76.3 Å². The summed E-state index contributed by atoms with van der Waals surface area (Å²) in [6.07, 6.45) is 3.70. The van der Waals surface area contributed by atoms with Gasteiger partial charge in [-0.25, -0.2) is 9.47 Å². The van der Waals surface area contributed by atoms with Crippen molar-refractivity contribution in [1.29, 1.82) is 0 Å². The number of ether oxygens (including phenoxy) is 1. The molecule has 2 aromatic carbocycles. The molecule has 2 heterocycles. The molecule has 5 nitrogen and oxygen atoms in total. The van der Waals surface area contributed by atoms with Crippen molar-refractivity contribution >= 4 is 5.95 Å². The van der Waals surface area contributed by atoms with Crippen LogP contribution in [0.3, 0.4) is 0 Å². The van der Waals surface area contributed by atoms with E-state index in [-0.39, 0.29) is 0 Å².